The van der Waals surface area contributed by atoms with E-state index in [1.54, 1.807) is 20.7 Å². The number of carbonyl (C=O) groups is 2. The summed E-state index contributed by atoms with van der Waals surface area (Å²) in [4.78, 5) is 28.5. The van der Waals surface area contributed by atoms with E-state index in [-0.39, 0.29) is 42.1 Å². The van der Waals surface area contributed by atoms with Gasteiger partial charge in [0.15, 0.2) is 0 Å². The van der Waals surface area contributed by atoms with Crippen LogP contribution in [0.4, 0.5) is 20.6 Å². The van der Waals surface area contributed by atoms with Gasteiger partial charge in [0.2, 0.25) is 5.91 Å². The summed E-state index contributed by atoms with van der Waals surface area (Å²) < 4.78 is 15.2. The van der Waals surface area contributed by atoms with Gasteiger partial charge in [-0.05, 0) is 25.1 Å². The molecule has 3 amide bonds. The summed E-state index contributed by atoms with van der Waals surface area (Å²) in [6.45, 7) is 3.05. The summed E-state index contributed by atoms with van der Waals surface area (Å²) in [7, 11) is 0. The lowest BCUT2D eigenvalue weighted by molar-refractivity contribution is -0.117. The molecule has 8 nitrogen and oxygen atoms in total. The maximum absolute atomic E-state index is 13.3. The van der Waals surface area contributed by atoms with Crippen molar-refractivity contribution in [1.29, 1.82) is 0 Å². The van der Waals surface area contributed by atoms with Gasteiger partial charge in [0.25, 0.3) is 0 Å². The molecule has 0 bridgehead atoms. The molecule has 154 valence electrons. The molecule has 2 unspecified atom stereocenters. The number of hydrogen-bond donors (Lipinski definition) is 2. The van der Waals surface area contributed by atoms with Gasteiger partial charge in [-0.25, -0.2) is 9.18 Å². The zero-order valence-corrected chi connectivity index (χ0v) is 16.6. The van der Waals surface area contributed by atoms with Gasteiger partial charge in [-0.3, -0.25) is 9.48 Å². The number of aromatic nitrogens is 2. The molecule has 0 saturated carbocycles. The first-order valence-electron chi connectivity index (χ1n) is 9.36. The van der Waals surface area contributed by atoms with Crippen LogP contribution < -0.4 is 10.2 Å². The van der Waals surface area contributed by atoms with Crippen molar-refractivity contribution in [2.45, 2.75) is 32.5 Å². The van der Waals surface area contributed by atoms with Crippen molar-refractivity contribution in [2.24, 2.45) is 5.92 Å². The lowest BCUT2D eigenvalue weighted by Gasteiger charge is -2.35. The van der Waals surface area contributed by atoms with Gasteiger partial charge in [-0.15, -0.1) is 0 Å². The molecule has 1 fully saturated rings. The molecule has 0 aliphatic carbocycles. The van der Waals surface area contributed by atoms with Crippen molar-refractivity contribution in [3.63, 3.8) is 0 Å². The summed E-state index contributed by atoms with van der Waals surface area (Å²) in [5.41, 5.74) is 1.83. The highest BCUT2D eigenvalue weighted by Gasteiger charge is 2.36. The fourth-order valence-electron chi connectivity index (χ4n) is 3.79. The molecule has 1 aromatic carbocycles. The van der Waals surface area contributed by atoms with Crippen LogP contribution in [0.2, 0.25) is 5.02 Å². The Kier molecular flexibility index (Phi) is 5.18. The molecular weight excluding hydrogens is 401 g/mol. The number of aliphatic hydroxyl groups excluding tert-OH is 1. The average molecular weight is 422 g/mol. The number of benzene rings is 1. The fraction of sp³-hybridized carbons (Fsp3) is 0.421. The van der Waals surface area contributed by atoms with Crippen LogP contribution in [0.5, 0.6) is 0 Å². The first kappa shape index (κ1) is 19.7. The largest absolute Gasteiger partial charge is 0.396 e. The highest BCUT2D eigenvalue weighted by Crippen LogP contribution is 2.32. The Balaban J connectivity index is 1.54. The van der Waals surface area contributed by atoms with Crippen molar-refractivity contribution in [1.82, 2.24) is 14.7 Å². The number of anilines is 2. The summed E-state index contributed by atoms with van der Waals surface area (Å²) in [5.74, 6) is -0.709. The van der Waals surface area contributed by atoms with E-state index in [9.17, 15) is 19.1 Å². The number of aliphatic hydroxyl groups is 1. The van der Waals surface area contributed by atoms with E-state index < -0.39 is 5.82 Å². The van der Waals surface area contributed by atoms with E-state index in [4.69, 9.17) is 11.6 Å². The van der Waals surface area contributed by atoms with Crippen LogP contribution in [0.3, 0.4) is 0 Å². The van der Waals surface area contributed by atoms with E-state index in [0.29, 0.717) is 30.9 Å². The van der Waals surface area contributed by atoms with Crippen molar-refractivity contribution in [3.8, 4) is 0 Å². The van der Waals surface area contributed by atoms with Crippen molar-refractivity contribution in [3.05, 3.63) is 40.9 Å². The van der Waals surface area contributed by atoms with E-state index in [1.165, 1.54) is 18.2 Å². The highest BCUT2D eigenvalue weighted by molar-refractivity contribution is 6.31. The molecule has 2 N–H and O–H groups in total. The molecular formula is C19H21ClFN5O3. The first-order chi connectivity index (χ1) is 13.9. The molecule has 1 aromatic heterocycles. The number of fused-ring (bicyclic) bond motifs is 1. The Morgan fingerprint density at radius 1 is 1.41 bits per heavy atom. The van der Waals surface area contributed by atoms with Gasteiger partial charge in [0.05, 0.1) is 41.7 Å². The second-order valence-corrected chi connectivity index (χ2v) is 7.86. The third kappa shape index (κ3) is 3.67. The van der Waals surface area contributed by atoms with Crippen LogP contribution in [0.25, 0.3) is 0 Å². The molecule has 1 saturated heterocycles. The summed E-state index contributed by atoms with van der Waals surface area (Å²) in [5, 5.41) is 16.4. The molecule has 2 atom stereocenters. The van der Waals surface area contributed by atoms with Gasteiger partial charge in [-0.2, -0.15) is 5.10 Å². The van der Waals surface area contributed by atoms with E-state index in [0.717, 1.165) is 5.69 Å². The minimum atomic E-state index is -0.555. The number of nitrogens with zero attached hydrogens (tertiary/aromatic N) is 4. The SMILES string of the molecule is CC1Cn2ncc(N3CC(CO)CC3=O)c2CN1C(=O)Nc1ccc(F)c(Cl)c1. The molecule has 10 heteroatoms. The molecule has 3 heterocycles. The zero-order valence-electron chi connectivity index (χ0n) is 15.8. The van der Waals surface area contributed by atoms with Crippen LogP contribution in [-0.4, -0.2) is 50.9 Å². The van der Waals surface area contributed by atoms with Crippen LogP contribution in [0, 0.1) is 11.7 Å². The van der Waals surface area contributed by atoms with Gasteiger partial charge in [0.1, 0.15) is 5.82 Å². The fourth-order valence-corrected chi connectivity index (χ4v) is 3.97. The number of carbonyl (C=O) groups excluding carboxylic acids is 2. The number of halogens is 2. The molecule has 2 aliphatic heterocycles. The molecule has 4 rings (SSSR count). The summed E-state index contributed by atoms with van der Waals surface area (Å²) in [6, 6.07) is 3.52. The molecule has 2 aliphatic rings. The number of urea groups is 1. The lowest BCUT2D eigenvalue weighted by atomic mass is 10.1. The Bertz CT molecular complexity index is 965. The second kappa shape index (κ2) is 7.64. The standard InChI is InChI=1S/C19H21ClFN5O3/c1-11-7-26-17(16(6-22-26)25-8-12(10-27)4-18(25)28)9-24(11)19(29)23-13-2-3-15(21)14(20)5-13/h2-3,5-6,11-12,27H,4,7-10H2,1H3,(H,23,29). The molecule has 29 heavy (non-hydrogen) atoms. The van der Waals surface area contributed by atoms with E-state index >= 15 is 0 Å². The van der Waals surface area contributed by atoms with Crippen LogP contribution in [0.15, 0.2) is 24.4 Å². The smallest absolute Gasteiger partial charge is 0.322 e. The third-order valence-electron chi connectivity index (χ3n) is 5.40. The number of nitrogens with one attached hydrogen (secondary N) is 1. The Labute approximate surface area is 171 Å². The number of amides is 3. The quantitative estimate of drug-likeness (QED) is 0.796. The molecule has 2 aromatic rings. The summed E-state index contributed by atoms with van der Waals surface area (Å²) in [6.07, 6.45) is 1.94. The lowest BCUT2D eigenvalue weighted by Crippen LogP contribution is -2.47. The van der Waals surface area contributed by atoms with Crippen molar-refractivity contribution in [2.75, 3.05) is 23.4 Å². The minimum absolute atomic E-state index is 0.0441. The highest BCUT2D eigenvalue weighted by atomic mass is 35.5. The van der Waals surface area contributed by atoms with E-state index in [2.05, 4.69) is 10.4 Å². The Morgan fingerprint density at radius 2 is 2.21 bits per heavy atom. The van der Waals surface area contributed by atoms with Gasteiger partial charge in [-0.1, -0.05) is 11.6 Å². The predicted octanol–water partition coefficient (Wildman–Crippen LogP) is 2.46. The van der Waals surface area contributed by atoms with Crippen molar-refractivity contribution < 1.29 is 19.1 Å². The van der Waals surface area contributed by atoms with Crippen LogP contribution in [-0.2, 0) is 17.9 Å². The third-order valence-corrected chi connectivity index (χ3v) is 5.69. The minimum Gasteiger partial charge on any atom is -0.396 e. The zero-order chi connectivity index (χ0) is 20.7. The topological polar surface area (TPSA) is 90.7 Å². The van der Waals surface area contributed by atoms with Gasteiger partial charge in [0, 0.05) is 31.2 Å². The van der Waals surface area contributed by atoms with Crippen molar-refractivity contribution >= 4 is 34.9 Å². The summed E-state index contributed by atoms with van der Waals surface area (Å²) >= 11 is 5.79. The normalized spacial score (nSPS) is 21.4. The number of hydrogen-bond acceptors (Lipinski definition) is 4. The Morgan fingerprint density at radius 3 is 2.90 bits per heavy atom. The van der Waals surface area contributed by atoms with E-state index in [1.807, 2.05) is 6.92 Å². The number of rotatable bonds is 3. The monoisotopic (exact) mass is 421 g/mol. The molecule has 0 spiro atoms. The predicted molar refractivity (Wildman–Crippen MR) is 105 cm³/mol. The van der Waals surface area contributed by atoms with Crippen LogP contribution in [0.1, 0.15) is 19.0 Å². The van der Waals surface area contributed by atoms with Gasteiger partial charge < -0.3 is 20.2 Å². The van der Waals surface area contributed by atoms with Crippen LogP contribution >= 0.6 is 11.6 Å². The first-order valence-corrected chi connectivity index (χ1v) is 9.73. The molecule has 0 radical (unpaired) electrons. The Hall–Kier alpha value is -2.65. The second-order valence-electron chi connectivity index (χ2n) is 7.45. The maximum atomic E-state index is 13.3. The van der Waals surface area contributed by atoms with Gasteiger partial charge >= 0.3 is 6.03 Å². The maximum Gasteiger partial charge on any atom is 0.322 e. The average Bonchev–Trinajstić information content (AvgIpc) is 3.26.